The van der Waals surface area contributed by atoms with E-state index in [1.165, 1.54) is 4.88 Å². The minimum absolute atomic E-state index is 0.700. The predicted molar refractivity (Wildman–Crippen MR) is 79.9 cm³/mol. The van der Waals surface area contributed by atoms with Crippen molar-refractivity contribution in [1.82, 2.24) is 9.88 Å². The van der Waals surface area contributed by atoms with Gasteiger partial charge in [-0.25, -0.2) is 0 Å². The Morgan fingerprint density at radius 1 is 1.37 bits per heavy atom. The van der Waals surface area contributed by atoms with Crippen molar-refractivity contribution >= 4 is 17.0 Å². The van der Waals surface area contributed by atoms with Gasteiger partial charge in [-0.2, -0.15) is 0 Å². The molecular weight excluding hydrogens is 258 g/mol. The summed E-state index contributed by atoms with van der Waals surface area (Å²) in [4.78, 5) is 7.38. The Hall–Kier alpha value is -1.59. The third-order valence-corrected chi connectivity index (χ3v) is 3.37. The van der Waals surface area contributed by atoms with Gasteiger partial charge in [0.05, 0.1) is 12.1 Å². The van der Waals surface area contributed by atoms with Crippen LogP contribution < -0.4 is 10.1 Å². The standard InChI is InChI=1S/C14H19N3OS/c1-17(2)6-7-18-13-5-3-4-12(8-13)16-10-14-9-15-11-19-14/h3-5,8-9,11,16H,6-7,10H2,1-2H3. The van der Waals surface area contributed by atoms with Crippen molar-refractivity contribution in [1.29, 1.82) is 0 Å². The van der Waals surface area contributed by atoms with E-state index in [9.17, 15) is 0 Å². The second kappa shape index (κ2) is 7.11. The molecule has 0 saturated carbocycles. The fourth-order valence-electron chi connectivity index (χ4n) is 1.56. The Kier molecular flexibility index (Phi) is 5.18. The second-order valence-corrected chi connectivity index (χ2v) is 5.47. The van der Waals surface area contributed by atoms with E-state index in [1.807, 2.05) is 50.1 Å². The third kappa shape index (κ3) is 4.89. The Morgan fingerprint density at radius 2 is 2.26 bits per heavy atom. The number of benzene rings is 1. The fourth-order valence-corrected chi connectivity index (χ4v) is 2.09. The minimum atomic E-state index is 0.700. The van der Waals surface area contributed by atoms with E-state index in [0.29, 0.717) is 6.61 Å². The lowest BCUT2D eigenvalue weighted by Crippen LogP contribution is -2.19. The molecule has 0 aliphatic rings. The summed E-state index contributed by atoms with van der Waals surface area (Å²) in [5.41, 5.74) is 2.91. The molecule has 0 amide bonds. The molecule has 0 aliphatic carbocycles. The summed E-state index contributed by atoms with van der Waals surface area (Å²) in [7, 11) is 4.08. The number of thiazole rings is 1. The van der Waals surface area contributed by atoms with Gasteiger partial charge in [0.2, 0.25) is 0 Å². The molecule has 2 rings (SSSR count). The molecular formula is C14H19N3OS. The number of aromatic nitrogens is 1. The van der Waals surface area contributed by atoms with Crippen molar-refractivity contribution in [3.63, 3.8) is 0 Å². The lowest BCUT2D eigenvalue weighted by atomic mass is 10.3. The van der Waals surface area contributed by atoms with Gasteiger partial charge in [0.25, 0.3) is 0 Å². The van der Waals surface area contributed by atoms with E-state index in [-0.39, 0.29) is 0 Å². The molecule has 1 N–H and O–H groups in total. The van der Waals surface area contributed by atoms with Crippen LogP contribution in [0.15, 0.2) is 36.0 Å². The maximum atomic E-state index is 5.70. The molecule has 0 radical (unpaired) electrons. The first-order valence-corrected chi connectivity index (χ1v) is 7.11. The van der Waals surface area contributed by atoms with Gasteiger partial charge < -0.3 is 15.0 Å². The first kappa shape index (κ1) is 13.8. The number of likely N-dealkylation sites (N-methyl/N-ethyl adjacent to an activating group) is 1. The number of hydrogen-bond donors (Lipinski definition) is 1. The smallest absolute Gasteiger partial charge is 0.121 e. The van der Waals surface area contributed by atoms with E-state index in [2.05, 4.69) is 15.2 Å². The molecule has 0 aliphatic heterocycles. The maximum absolute atomic E-state index is 5.70. The summed E-state index contributed by atoms with van der Waals surface area (Å²) in [5.74, 6) is 0.899. The molecule has 0 saturated heterocycles. The fraction of sp³-hybridized carbons (Fsp3) is 0.357. The zero-order valence-electron chi connectivity index (χ0n) is 11.3. The molecule has 0 bridgehead atoms. The second-order valence-electron chi connectivity index (χ2n) is 4.50. The molecule has 0 fully saturated rings. The van der Waals surface area contributed by atoms with E-state index < -0.39 is 0 Å². The maximum Gasteiger partial charge on any atom is 0.121 e. The average Bonchev–Trinajstić information content (AvgIpc) is 2.89. The molecule has 19 heavy (non-hydrogen) atoms. The van der Waals surface area contributed by atoms with Crippen LogP contribution in [0.1, 0.15) is 4.88 Å². The Morgan fingerprint density at radius 3 is 3.00 bits per heavy atom. The van der Waals surface area contributed by atoms with Crippen molar-refractivity contribution in [2.75, 3.05) is 32.6 Å². The van der Waals surface area contributed by atoms with E-state index >= 15 is 0 Å². The summed E-state index contributed by atoms with van der Waals surface area (Å²) in [6.45, 7) is 2.41. The van der Waals surface area contributed by atoms with Gasteiger partial charge in [-0.3, -0.25) is 4.98 Å². The quantitative estimate of drug-likeness (QED) is 0.844. The zero-order chi connectivity index (χ0) is 13.5. The van der Waals surface area contributed by atoms with E-state index in [1.54, 1.807) is 11.3 Å². The van der Waals surface area contributed by atoms with Crippen molar-refractivity contribution in [2.45, 2.75) is 6.54 Å². The highest BCUT2D eigenvalue weighted by Gasteiger charge is 1.99. The summed E-state index contributed by atoms with van der Waals surface area (Å²) in [6.07, 6.45) is 1.88. The molecule has 1 aromatic carbocycles. The van der Waals surface area contributed by atoms with Crippen LogP contribution in [-0.2, 0) is 6.54 Å². The molecule has 5 heteroatoms. The monoisotopic (exact) mass is 277 g/mol. The highest BCUT2D eigenvalue weighted by atomic mass is 32.1. The first-order valence-electron chi connectivity index (χ1n) is 6.23. The number of nitrogens with zero attached hydrogens (tertiary/aromatic N) is 2. The molecule has 1 heterocycles. The summed E-state index contributed by atoms with van der Waals surface area (Å²) < 4.78 is 5.70. The van der Waals surface area contributed by atoms with Crippen molar-refractivity contribution < 1.29 is 4.74 Å². The molecule has 0 atom stereocenters. The normalized spacial score (nSPS) is 10.7. The molecule has 0 spiro atoms. The van der Waals surface area contributed by atoms with E-state index in [4.69, 9.17) is 4.74 Å². The van der Waals surface area contributed by atoms with Gasteiger partial charge in [0.15, 0.2) is 0 Å². The number of rotatable bonds is 7. The summed E-state index contributed by atoms with van der Waals surface area (Å²) in [6, 6.07) is 8.05. The molecule has 4 nitrogen and oxygen atoms in total. The van der Waals surface area contributed by atoms with Crippen LogP contribution in [-0.4, -0.2) is 37.1 Å². The van der Waals surface area contributed by atoms with Crippen molar-refractivity contribution in [2.24, 2.45) is 0 Å². The van der Waals surface area contributed by atoms with Crippen molar-refractivity contribution in [3.8, 4) is 5.75 Å². The predicted octanol–water partition coefficient (Wildman–Crippen LogP) is 2.70. The van der Waals surface area contributed by atoms with E-state index in [0.717, 1.165) is 24.5 Å². The number of ether oxygens (including phenoxy) is 1. The number of anilines is 1. The van der Waals surface area contributed by atoms with Crippen LogP contribution in [0.4, 0.5) is 5.69 Å². The van der Waals surface area contributed by atoms with Crippen LogP contribution in [0.25, 0.3) is 0 Å². The molecule has 102 valence electrons. The molecule has 2 aromatic rings. The van der Waals surface area contributed by atoms with Crippen LogP contribution in [0.3, 0.4) is 0 Å². The molecule has 0 unspecified atom stereocenters. The highest BCUT2D eigenvalue weighted by Crippen LogP contribution is 2.18. The Bertz CT molecular complexity index is 485. The van der Waals surface area contributed by atoms with Crippen LogP contribution in [0.5, 0.6) is 5.75 Å². The largest absolute Gasteiger partial charge is 0.492 e. The van der Waals surface area contributed by atoms with Gasteiger partial charge in [0.1, 0.15) is 12.4 Å². The third-order valence-electron chi connectivity index (χ3n) is 2.59. The number of nitrogens with one attached hydrogen (secondary N) is 1. The summed E-state index contributed by atoms with van der Waals surface area (Å²) >= 11 is 1.65. The van der Waals surface area contributed by atoms with Gasteiger partial charge in [-0.05, 0) is 26.2 Å². The molecule has 1 aromatic heterocycles. The lowest BCUT2D eigenvalue weighted by molar-refractivity contribution is 0.261. The zero-order valence-corrected chi connectivity index (χ0v) is 12.1. The van der Waals surface area contributed by atoms with Crippen molar-refractivity contribution in [3.05, 3.63) is 40.8 Å². The van der Waals surface area contributed by atoms with Crippen LogP contribution in [0, 0.1) is 0 Å². The lowest BCUT2D eigenvalue weighted by Gasteiger charge is -2.12. The topological polar surface area (TPSA) is 37.4 Å². The number of hydrogen-bond acceptors (Lipinski definition) is 5. The Labute approximate surface area is 118 Å². The first-order chi connectivity index (χ1) is 9.24. The van der Waals surface area contributed by atoms with Crippen LogP contribution >= 0.6 is 11.3 Å². The highest BCUT2D eigenvalue weighted by molar-refractivity contribution is 7.09. The SMILES string of the molecule is CN(C)CCOc1cccc(NCc2cncs2)c1. The Balaban J connectivity index is 1.84. The summed E-state index contributed by atoms with van der Waals surface area (Å²) in [5, 5.41) is 3.37. The van der Waals surface area contributed by atoms with Gasteiger partial charge >= 0.3 is 0 Å². The van der Waals surface area contributed by atoms with Gasteiger partial charge in [0, 0.05) is 29.4 Å². The van der Waals surface area contributed by atoms with Gasteiger partial charge in [-0.1, -0.05) is 6.07 Å². The van der Waals surface area contributed by atoms with Gasteiger partial charge in [-0.15, -0.1) is 11.3 Å². The van der Waals surface area contributed by atoms with Crippen LogP contribution in [0.2, 0.25) is 0 Å². The average molecular weight is 277 g/mol. The minimum Gasteiger partial charge on any atom is -0.492 e.